The van der Waals surface area contributed by atoms with Gasteiger partial charge in [-0.05, 0) is 247 Å². The molecule has 0 aliphatic heterocycles. The lowest BCUT2D eigenvalue weighted by molar-refractivity contribution is 0.672. The Balaban J connectivity index is 0.581. The van der Waals surface area contributed by atoms with Gasteiger partial charge in [0.05, 0.1) is 17.1 Å². The van der Waals surface area contributed by atoms with Gasteiger partial charge in [-0.1, -0.05) is 303 Å². The number of hydrogen-bond acceptors (Lipinski definition) is 4. The van der Waals surface area contributed by atoms with E-state index in [1.165, 1.54) is 70.6 Å². The van der Waals surface area contributed by atoms with Crippen LogP contribution in [0.3, 0.4) is 0 Å². The molecule has 2 aromatic heterocycles. The standard InChI is InChI=1S/C112H70N2O2/c1-2-22-77-64-82(40-38-71(77)18-1)80-27-15-25-78(62-80)72-46-53-91(54-47-72)113(93-57-59-95-88(67-93)44-39-75-20-3-7-29-94(75)95)105-35-13-11-31-97(105)90-52-61-109-104(70-90)110-102(68-86-23-6-10-34-100(86)112(110)116-109)87-45-43-84-65-83(41-42-85(84)66-87)81-28-16-26-79(63-81)73-48-55-92(56-49-73)114(107-37-17-24-74-19-4-8-30-96(74)107)106-36-14-12-32-98(106)89-51-60-108-103(69-89)101-58-50-76-21-5-9-33-99(76)111(101)115-108/h1-70H. The minimum Gasteiger partial charge on any atom is -0.455 e. The Kier molecular flexibility index (Phi) is 15.6. The van der Waals surface area contributed by atoms with Crippen molar-refractivity contribution >= 4 is 153 Å². The Bertz CT molecular complexity index is 7920. The number of anilines is 6. The molecule has 0 fully saturated rings. The van der Waals surface area contributed by atoms with Crippen molar-refractivity contribution < 1.29 is 8.83 Å². The molecule has 0 atom stereocenters. The summed E-state index contributed by atoms with van der Waals surface area (Å²) in [5, 5.41) is 20.9. The van der Waals surface area contributed by atoms with Crippen LogP contribution in [0.15, 0.2) is 433 Å². The van der Waals surface area contributed by atoms with Crippen LogP contribution >= 0.6 is 0 Å². The van der Waals surface area contributed by atoms with E-state index in [4.69, 9.17) is 8.83 Å². The molecule has 4 nitrogen and oxygen atoms in total. The van der Waals surface area contributed by atoms with Crippen molar-refractivity contribution in [3.05, 3.63) is 425 Å². The van der Waals surface area contributed by atoms with E-state index in [-0.39, 0.29) is 0 Å². The van der Waals surface area contributed by atoms with Crippen molar-refractivity contribution in [3.8, 4) is 77.9 Å². The van der Waals surface area contributed by atoms with Gasteiger partial charge in [-0.15, -0.1) is 0 Å². The normalized spacial score (nSPS) is 11.8. The smallest absolute Gasteiger partial charge is 0.143 e. The molecule has 23 rings (SSSR count). The minimum absolute atomic E-state index is 0.842. The average Bonchev–Trinajstić information content (AvgIpc) is 1.56. The maximum absolute atomic E-state index is 7.10. The summed E-state index contributed by atoms with van der Waals surface area (Å²) in [6, 6.07) is 156. The number of para-hydroxylation sites is 2. The molecule has 0 radical (unpaired) electrons. The Hall–Kier alpha value is -15.4. The second kappa shape index (κ2) is 27.2. The van der Waals surface area contributed by atoms with Crippen molar-refractivity contribution in [1.29, 1.82) is 0 Å². The molecule has 0 unspecified atom stereocenters. The number of furan rings is 2. The van der Waals surface area contributed by atoms with E-state index in [9.17, 15) is 0 Å². The summed E-state index contributed by atoms with van der Waals surface area (Å²) in [5.74, 6) is 0. The Morgan fingerprint density at radius 3 is 1.20 bits per heavy atom. The Morgan fingerprint density at radius 1 is 0.155 bits per heavy atom. The Morgan fingerprint density at radius 2 is 0.526 bits per heavy atom. The fraction of sp³-hybridized carbons (Fsp3) is 0. The largest absolute Gasteiger partial charge is 0.455 e. The number of hydrogen-bond donors (Lipinski definition) is 0. The highest BCUT2D eigenvalue weighted by molar-refractivity contribution is 6.23. The average molecular weight is 1480 g/mol. The molecule has 0 N–H and O–H groups in total. The van der Waals surface area contributed by atoms with E-state index in [1.54, 1.807) is 0 Å². The molecule has 0 amide bonds. The third-order valence-corrected chi connectivity index (χ3v) is 23.9. The molecule has 23 aromatic rings. The van der Waals surface area contributed by atoms with Gasteiger partial charge in [-0.3, -0.25) is 0 Å². The molecule has 0 spiro atoms. The minimum atomic E-state index is 0.842. The fourth-order valence-electron chi connectivity index (χ4n) is 18.2. The van der Waals surface area contributed by atoms with Crippen LogP contribution < -0.4 is 9.80 Å². The topological polar surface area (TPSA) is 32.8 Å². The van der Waals surface area contributed by atoms with Gasteiger partial charge in [0.2, 0.25) is 0 Å². The van der Waals surface area contributed by atoms with Gasteiger partial charge in [0.25, 0.3) is 0 Å². The highest BCUT2D eigenvalue weighted by Gasteiger charge is 2.25. The number of benzene rings is 21. The molecular weight excluding hydrogens is 1410 g/mol. The monoisotopic (exact) mass is 1470 g/mol. The zero-order valence-corrected chi connectivity index (χ0v) is 63.1. The molecule has 540 valence electrons. The van der Waals surface area contributed by atoms with Crippen LogP contribution in [-0.2, 0) is 0 Å². The van der Waals surface area contributed by atoms with Gasteiger partial charge < -0.3 is 18.6 Å². The maximum Gasteiger partial charge on any atom is 0.143 e. The van der Waals surface area contributed by atoms with Crippen molar-refractivity contribution in [3.63, 3.8) is 0 Å². The molecule has 116 heavy (non-hydrogen) atoms. The SMILES string of the molecule is c1cc(-c2ccc(N(c3ccc4c(ccc5ccccc54)c3)c3ccccc3-c3ccc4oc5c6ccccc6cc(-c6ccc7cc(-c8cccc(-c9ccc(N(c%10ccccc%10-c%10ccc%11oc%12c%13ccccc%13ccc%12c%11c%10)c%10cccc%11ccccc%10%11)cc9)c8)ccc7c6)c5c4c3)cc2)cc(-c2ccc3ccccc3c2)c1. The molecule has 2 heterocycles. The van der Waals surface area contributed by atoms with E-state index in [2.05, 4.69) is 434 Å². The first-order valence-corrected chi connectivity index (χ1v) is 39.8. The summed E-state index contributed by atoms with van der Waals surface area (Å²) in [4.78, 5) is 4.86. The van der Waals surface area contributed by atoms with Gasteiger partial charge in [0, 0.05) is 65.9 Å². The van der Waals surface area contributed by atoms with Gasteiger partial charge in [0.1, 0.15) is 22.3 Å². The van der Waals surface area contributed by atoms with Crippen LogP contribution in [0.2, 0.25) is 0 Å². The van der Waals surface area contributed by atoms with Crippen LogP contribution in [0.4, 0.5) is 34.1 Å². The number of nitrogens with zero attached hydrogens (tertiary/aromatic N) is 2. The summed E-state index contributed by atoms with van der Waals surface area (Å²) in [6.07, 6.45) is 0. The van der Waals surface area contributed by atoms with Crippen LogP contribution in [-0.4, -0.2) is 0 Å². The summed E-state index contributed by atoms with van der Waals surface area (Å²) >= 11 is 0. The summed E-state index contributed by atoms with van der Waals surface area (Å²) in [6.45, 7) is 0. The molecule has 0 aliphatic carbocycles. The predicted molar refractivity (Wildman–Crippen MR) is 491 cm³/mol. The molecule has 0 aliphatic rings. The van der Waals surface area contributed by atoms with Gasteiger partial charge in [-0.2, -0.15) is 0 Å². The highest BCUT2D eigenvalue weighted by atomic mass is 16.3. The first kappa shape index (κ1) is 66.4. The quantitative estimate of drug-likeness (QED) is 0.108. The van der Waals surface area contributed by atoms with Crippen molar-refractivity contribution in [1.82, 2.24) is 0 Å². The van der Waals surface area contributed by atoms with Crippen LogP contribution in [0.1, 0.15) is 0 Å². The Labute approximate surface area is 670 Å². The first-order chi connectivity index (χ1) is 57.4. The van der Waals surface area contributed by atoms with E-state index in [0.29, 0.717) is 0 Å². The molecule has 0 saturated heterocycles. The first-order valence-electron chi connectivity index (χ1n) is 39.8. The van der Waals surface area contributed by atoms with Gasteiger partial charge >= 0.3 is 0 Å². The van der Waals surface area contributed by atoms with Gasteiger partial charge in [0.15, 0.2) is 0 Å². The van der Waals surface area contributed by atoms with E-state index in [0.717, 1.165) is 161 Å². The van der Waals surface area contributed by atoms with E-state index >= 15 is 0 Å². The van der Waals surface area contributed by atoms with Crippen LogP contribution in [0.5, 0.6) is 0 Å². The second-order valence-corrected chi connectivity index (χ2v) is 30.6. The summed E-state index contributed by atoms with van der Waals surface area (Å²) in [5.41, 5.74) is 25.9. The number of fused-ring (bicyclic) bond motifs is 16. The molecule has 4 heteroatoms. The van der Waals surface area contributed by atoms with Crippen LogP contribution in [0.25, 0.3) is 197 Å². The van der Waals surface area contributed by atoms with E-state index < -0.39 is 0 Å². The molecule has 0 bridgehead atoms. The lowest BCUT2D eigenvalue weighted by Crippen LogP contribution is -2.11. The lowest BCUT2D eigenvalue weighted by atomic mass is 9.92. The molecular formula is C112H70N2O2. The second-order valence-electron chi connectivity index (χ2n) is 30.6. The third-order valence-electron chi connectivity index (χ3n) is 23.9. The van der Waals surface area contributed by atoms with Gasteiger partial charge in [-0.25, -0.2) is 0 Å². The highest BCUT2D eigenvalue weighted by Crippen LogP contribution is 2.50. The summed E-state index contributed by atoms with van der Waals surface area (Å²) in [7, 11) is 0. The van der Waals surface area contributed by atoms with E-state index in [1.807, 2.05) is 0 Å². The molecule has 0 saturated carbocycles. The van der Waals surface area contributed by atoms with Crippen molar-refractivity contribution in [2.24, 2.45) is 0 Å². The van der Waals surface area contributed by atoms with Crippen LogP contribution in [0, 0.1) is 0 Å². The lowest BCUT2D eigenvalue weighted by Gasteiger charge is -2.29. The van der Waals surface area contributed by atoms with Crippen molar-refractivity contribution in [2.75, 3.05) is 9.80 Å². The molecule has 21 aromatic carbocycles. The summed E-state index contributed by atoms with van der Waals surface area (Å²) < 4.78 is 13.7. The zero-order valence-electron chi connectivity index (χ0n) is 63.1. The number of rotatable bonds is 13. The predicted octanol–water partition coefficient (Wildman–Crippen LogP) is 32.2. The van der Waals surface area contributed by atoms with Crippen molar-refractivity contribution in [2.45, 2.75) is 0 Å². The maximum atomic E-state index is 7.10. The zero-order chi connectivity index (χ0) is 76.3. The third kappa shape index (κ3) is 11.4. The fourth-order valence-corrected chi connectivity index (χ4v) is 18.2.